The maximum atomic E-state index is 11.5. The van der Waals surface area contributed by atoms with Crippen LogP contribution in [0.25, 0.3) is 0 Å². The van der Waals surface area contributed by atoms with Gasteiger partial charge in [-0.25, -0.2) is 4.98 Å². The molecule has 0 atom stereocenters. The van der Waals surface area contributed by atoms with Gasteiger partial charge in [-0.1, -0.05) is 0 Å². The molecule has 0 aromatic carbocycles. The molecule has 0 bridgehead atoms. The summed E-state index contributed by atoms with van der Waals surface area (Å²) in [5, 5.41) is 5.23. The Balaban J connectivity index is 1.76. The van der Waals surface area contributed by atoms with Gasteiger partial charge in [0.1, 0.15) is 11.6 Å². The number of rotatable bonds is 4. The van der Waals surface area contributed by atoms with Crippen molar-refractivity contribution < 1.29 is 0 Å². The Morgan fingerprint density at radius 3 is 3.06 bits per heavy atom. The van der Waals surface area contributed by atoms with Crippen molar-refractivity contribution in [2.24, 2.45) is 0 Å². The van der Waals surface area contributed by atoms with Crippen molar-refractivity contribution in [3.63, 3.8) is 0 Å². The minimum absolute atomic E-state index is 0.0837. The Morgan fingerprint density at radius 1 is 1.56 bits per heavy atom. The summed E-state index contributed by atoms with van der Waals surface area (Å²) in [6.07, 6.45) is 2.26. The van der Waals surface area contributed by atoms with Gasteiger partial charge in [0.15, 0.2) is 0 Å². The molecule has 1 fully saturated rings. The molecule has 3 rings (SSSR count). The first-order valence-electron chi connectivity index (χ1n) is 5.79. The van der Waals surface area contributed by atoms with Crippen molar-refractivity contribution in [2.75, 3.05) is 5.32 Å². The molecule has 2 N–H and O–H groups in total. The fourth-order valence-electron chi connectivity index (χ4n) is 1.74. The molecule has 0 saturated heterocycles. The average Bonchev–Trinajstić information content (AvgIpc) is 3.11. The van der Waals surface area contributed by atoms with Crippen LogP contribution in [0.2, 0.25) is 0 Å². The summed E-state index contributed by atoms with van der Waals surface area (Å²) < 4.78 is 1.09. The van der Waals surface area contributed by atoms with Crippen molar-refractivity contribution in [1.82, 2.24) is 9.97 Å². The number of hydrogen-bond donors (Lipinski definition) is 2. The first-order chi connectivity index (χ1) is 8.72. The highest BCUT2D eigenvalue weighted by Crippen LogP contribution is 2.37. The van der Waals surface area contributed by atoms with Crippen LogP contribution in [0.5, 0.6) is 0 Å². The number of anilines is 1. The van der Waals surface area contributed by atoms with E-state index in [-0.39, 0.29) is 5.56 Å². The molecule has 18 heavy (non-hydrogen) atoms. The molecule has 0 aliphatic heterocycles. The lowest BCUT2D eigenvalue weighted by molar-refractivity contribution is 0.904. The SMILES string of the molecule is O=c1cc(NCc2sccc2Br)nc(C2CC2)[nH]1. The van der Waals surface area contributed by atoms with Crippen molar-refractivity contribution >= 4 is 33.1 Å². The second kappa shape index (κ2) is 4.85. The van der Waals surface area contributed by atoms with Gasteiger partial charge in [-0.3, -0.25) is 4.79 Å². The zero-order valence-corrected chi connectivity index (χ0v) is 12.0. The predicted molar refractivity (Wildman–Crippen MR) is 76.2 cm³/mol. The molecule has 1 aliphatic rings. The fourth-order valence-corrected chi connectivity index (χ4v) is 3.17. The normalized spacial score (nSPS) is 14.7. The minimum atomic E-state index is -0.0837. The third-order valence-corrected chi connectivity index (χ3v) is 4.77. The van der Waals surface area contributed by atoms with E-state index in [4.69, 9.17) is 0 Å². The maximum Gasteiger partial charge on any atom is 0.252 e. The average molecular weight is 326 g/mol. The smallest absolute Gasteiger partial charge is 0.252 e. The Hall–Kier alpha value is -1.14. The second-order valence-electron chi connectivity index (χ2n) is 4.34. The lowest BCUT2D eigenvalue weighted by Gasteiger charge is -2.06. The maximum absolute atomic E-state index is 11.5. The van der Waals surface area contributed by atoms with Gasteiger partial charge in [-0.05, 0) is 40.2 Å². The number of nitrogens with zero attached hydrogens (tertiary/aromatic N) is 1. The lowest BCUT2D eigenvalue weighted by Crippen LogP contribution is -2.13. The first-order valence-corrected chi connectivity index (χ1v) is 7.46. The largest absolute Gasteiger partial charge is 0.365 e. The highest BCUT2D eigenvalue weighted by molar-refractivity contribution is 9.10. The molecule has 4 nitrogen and oxygen atoms in total. The van der Waals surface area contributed by atoms with Crippen LogP contribution < -0.4 is 10.9 Å². The summed E-state index contributed by atoms with van der Waals surface area (Å²) in [5.41, 5.74) is -0.0837. The third kappa shape index (κ3) is 2.64. The van der Waals surface area contributed by atoms with E-state index in [2.05, 4.69) is 31.2 Å². The lowest BCUT2D eigenvalue weighted by atomic mass is 10.4. The number of aromatic amines is 1. The molecule has 0 spiro atoms. The number of thiophene rings is 1. The van der Waals surface area contributed by atoms with E-state index < -0.39 is 0 Å². The van der Waals surface area contributed by atoms with E-state index >= 15 is 0 Å². The van der Waals surface area contributed by atoms with Gasteiger partial charge in [0, 0.05) is 21.3 Å². The third-order valence-electron chi connectivity index (χ3n) is 2.85. The van der Waals surface area contributed by atoms with Crippen molar-refractivity contribution in [2.45, 2.75) is 25.3 Å². The predicted octanol–water partition coefficient (Wildman–Crippen LogP) is 3.08. The van der Waals surface area contributed by atoms with E-state index in [1.807, 2.05) is 11.4 Å². The second-order valence-corrected chi connectivity index (χ2v) is 6.19. The van der Waals surface area contributed by atoms with Crippen LogP contribution in [0.1, 0.15) is 29.5 Å². The Labute approximate surface area is 117 Å². The number of aromatic nitrogens is 2. The zero-order chi connectivity index (χ0) is 12.5. The van der Waals surface area contributed by atoms with Crippen molar-refractivity contribution in [1.29, 1.82) is 0 Å². The van der Waals surface area contributed by atoms with Crippen molar-refractivity contribution in [3.05, 3.63) is 43.0 Å². The van der Waals surface area contributed by atoms with Crippen LogP contribution in [0, 0.1) is 0 Å². The number of halogens is 1. The van der Waals surface area contributed by atoms with E-state index in [0.717, 1.165) is 23.1 Å². The summed E-state index contributed by atoms with van der Waals surface area (Å²) in [4.78, 5) is 20.0. The quantitative estimate of drug-likeness (QED) is 0.908. The number of nitrogens with one attached hydrogen (secondary N) is 2. The Morgan fingerprint density at radius 2 is 2.39 bits per heavy atom. The Bertz CT molecular complexity index is 618. The van der Waals surface area contributed by atoms with E-state index in [9.17, 15) is 4.79 Å². The summed E-state index contributed by atoms with van der Waals surface area (Å²) in [6.45, 7) is 0.679. The first kappa shape index (κ1) is 11.9. The summed E-state index contributed by atoms with van der Waals surface area (Å²) in [6, 6.07) is 3.52. The molecule has 2 aromatic rings. The molecule has 0 radical (unpaired) electrons. The summed E-state index contributed by atoms with van der Waals surface area (Å²) in [5.74, 6) is 1.92. The van der Waals surface area contributed by atoms with Gasteiger partial charge in [0.05, 0.1) is 6.54 Å². The molecule has 1 saturated carbocycles. The molecule has 0 unspecified atom stereocenters. The van der Waals surface area contributed by atoms with Crippen molar-refractivity contribution in [3.8, 4) is 0 Å². The standard InChI is InChI=1S/C12H12BrN3OS/c13-8-3-4-18-9(8)6-14-10-5-11(17)16-12(15-10)7-1-2-7/h3-5,7H,1-2,6H2,(H2,14,15,16,17). The van der Waals surface area contributed by atoms with Crippen LogP contribution in [-0.4, -0.2) is 9.97 Å². The molecule has 1 aliphatic carbocycles. The summed E-state index contributed by atoms with van der Waals surface area (Å²) in [7, 11) is 0. The van der Waals surface area contributed by atoms with E-state index in [1.54, 1.807) is 11.3 Å². The van der Waals surface area contributed by atoms with E-state index in [1.165, 1.54) is 10.9 Å². The van der Waals surface area contributed by atoms with Crippen LogP contribution >= 0.6 is 27.3 Å². The van der Waals surface area contributed by atoms with Gasteiger partial charge in [-0.15, -0.1) is 11.3 Å². The van der Waals surface area contributed by atoms with Crippen LogP contribution in [0.3, 0.4) is 0 Å². The van der Waals surface area contributed by atoms with Crippen LogP contribution in [-0.2, 0) is 6.54 Å². The van der Waals surface area contributed by atoms with Gasteiger partial charge < -0.3 is 10.3 Å². The van der Waals surface area contributed by atoms with Gasteiger partial charge in [0.25, 0.3) is 5.56 Å². The van der Waals surface area contributed by atoms with Crippen LogP contribution in [0.15, 0.2) is 26.8 Å². The molecule has 0 amide bonds. The number of H-pyrrole nitrogens is 1. The monoisotopic (exact) mass is 325 g/mol. The molecule has 94 valence electrons. The molecular weight excluding hydrogens is 314 g/mol. The molecular formula is C12H12BrN3OS. The molecule has 2 heterocycles. The van der Waals surface area contributed by atoms with Gasteiger partial charge >= 0.3 is 0 Å². The molecule has 6 heteroatoms. The highest BCUT2D eigenvalue weighted by atomic mass is 79.9. The van der Waals surface area contributed by atoms with Gasteiger partial charge in [0.2, 0.25) is 0 Å². The van der Waals surface area contributed by atoms with Gasteiger partial charge in [-0.2, -0.15) is 0 Å². The molecule has 2 aromatic heterocycles. The van der Waals surface area contributed by atoms with Crippen LogP contribution in [0.4, 0.5) is 5.82 Å². The number of hydrogen-bond acceptors (Lipinski definition) is 4. The zero-order valence-electron chi connectivity index (χ0n) is 9.57. The highest BCUT2D eigenvalue weighted by Gasteiger charge is 2.26. The topological polar surface area (TPSA) is 57.8 Å². The van der Waals surface area contributed by atoms with E-state index in [0.29, 0.717) is 18.3 Å². The Kier molecular flexibility index (Phi) is 3.22. The summed E-state index contributed by atoms with van der Waals surface area (Å²) >= 11 is 5.16. The minimum Gasteiger partial charge on any atom is -0.365 e. The fraction of sp³-hybridized carbons (Fsp3) is 0.333.